The number of amides is 4. The van der Waals surface area contributed by atoms with Gasteiger partial charge in [0.05, 0.1) is 23.6 Å². The minimum absolute atomic E-state index is 0.0421. The van der Waals surface area contributed by atoms with Gasteiger partial charge in [0.15, 0.2) is 36.5 Å². The summed E-state index contributed by atoms with van der Waals surface area (Å²) in [4.78, 5) is 82.5. The number of anilines is 2. The summed E-state index contributed by atoms with van der Waals surface area (Å²) in [6, 6.07) is 6.07. The number of hydrogen-bond donors (Lipinski definition) is 5. The van der Waals surface area contributed by atoms with E-state index >= 15 is 0 Å². The van der Waals surface area contributed by atoms with Gasteiger partial charge in [-0.15, -0.1) is 0 Å². The molecule has 0 bridgehead atoms. The second kappa shape index (κ2) is 24.5. The monoisotopic (exact) mass is 1150 g/mol. The first-order chi connectivity index (χ1) is 39.8. The summed E-state index contributed by atoms with van der Waals surface area (Å²) in [5, 5.41) is 34.2. The summed E-state index contributed by atoms with van der Waals surface area (Å²) in [5.74, 6) is -2.90. The Kier molecular flexibility index (Phi) is 15.9. The summed E-state index contributed by atoms with van der Waals surface area (Å²) in [7, 11) is -4.91. The van der Waals surface area contributed by atoms with Crippen molar-refractivity contribution >= 4 is 62.3 Å². The molecule has 2 atom stereocenters. The quantitative estimate of drug-likeness (QED) is 0.0695. The highest BCUT2D eigenvalue weighted by atomic mass is 31.2. The minimum atomic E-state index is -4.63. The molecule has 0 spiro atoms. The lowest BCUT2D eigenvalue weighted by atomic mass is 10.1. The lowest BCUT2D eigenvalue weighted by Gasteiger charge is -2.25. The van der Waals surface area contributed by atoms with Crippen LogP contribution in [0.4, 0.5) is 23.3 Å². The van der Waals surface area contributed by atoms with Crippen molar-refractivity contribution in [3.05, 3.63) is 82.3 Å². The minimum Gasteiger partial charge on any atom is -0.354 e. The van der Waals surface area contributed by atoms with Gasteiger partial charge in [-0.3, -0.25) is 37.3 Å². The Morgan fingerprint density at radius 3 is 1.46 bits per heavy atom. The molecule has 2 aliphatic rings. The third-order valence-electron chi connectivity index (χ3n) is 11.2. The van der Waals surface area contributed by atoms with Crippen LogP contribution in [0.15, 0.2) is 59.0 Å². The van der Waals surface area contributed by atoms with Gasteiger partial charge in [-0.1, -0.05) is 0 Å². The van der Waals surface area contributed by atoms with Crippen molar-refractivity contribution < 1.29 is 59.5 Å². The molecule has 2 fully saturated rings. The molecule has 6 aromatic rings. The number of hydrogen-bond acceptors (Lipinski definition) is 20. The molecule has 4 amide bonds. The van der Waals surface area contributed by atoms with Crippen LogP contribution < -0.4 is 32.0 Å². The standard InChI is InChI=1S/C25H34N9O5P.C24H32N9O6P/c1-15-17(19-13-28-33(6)31-19)10-11-27-22(15)29-18-12-20(30-23(35)16-8-9-16)34(32-21(18)24(36)26-5)14-38-40(7,37)39-25(2,3)4;1-14-16(18-12-27-32(6)30-18)9-10-26-21(14)28-17-11-19(29-22(34)15-7-8-15)33(31-20(17)23(35)25-5)13-38-40(36,37)39-24(2,3)4/h10-13,16H,8-9,14H2,1-7H3,(H,26,36)(H,30,35);9-12,15H,7-8,13H2,1-6H3,(H,25,35)(H,29,34)(H,36,37)/i2*5D3. The van der Waals surface area contributed by atoms with Crippen LogP contribution in [0.1, 0.15) is 108 Å². The van der Waals surface area contributed by atoms with Crippen LogP contribution in [0.25, 0.3) is 22.5 Å². The normalized spacial score (nSPS) is 16.9. The zero-order valence-corrected chi connectivity index (χ0v) is 47.5. The van der Waals surface area contributed by atoms with Crippen LogP contribution in [-0.2, 0) is 64.4 Å². The summed E-state index contributed by atoms with van der Waals surface area (Å²) >= 11 is 0. The molecule has 0 radical (unpaired) electrons. The molecule has 2 aliphatic carbocycles. The smallest absolute Gasteiger partial charge is 0.354 e. The van der Waals surface area contributed by atoms with Gasteiger partial charge in [0, 0.05) is 102 Å². The summed E-state index contributed by atoms with van der Waals surface area (Å²) in [5.41, 5.74) is 0.896. The zero-order valence-electron chi connectivity index (χ0n) is 51.7. The first-order valence-electron chi connectivity index (χ1n) is 27.7. The van der Waals surface area contributed by atoms with Crippen LogP contribution in [0.5, 0.6) is 0 Å². The topological polar surface area (TPSA) is 355 Å². The molecule has 0 aromatic carbocycles. The van der Waals surface area contributed by atoms with Gasteiger partial charge < -0.3 is 30.7 Å². The molecule has 428 valence electrons. The van der Waals surface area contributed by atoms with E-state index in [1.54, 1.807) is 94.0 Å². The number of nitrogens with one attached hydrogen (secondary N) is 4. The van der Waals surface area contributed by atoms with Crippen LogP contribution in [0.2, 0.25) is 0 Å². The molecule has 31 heteroatoms. The Bertz CT molecular complexity index is 3560. The summed E-state index contributed by atoms with van der Waals surface area (Å²) in [6.07, 6.45) is 8.91. The van der Waals surface area contributed by atoms with Crippen molar-refractivity contribution in [2.45, 2.75) is 106 Å². The number of phosphoric acid groups is 1. The second-order valence-corrected chi connectivity index (χ2v) is 23.8. The first-order valence-corrected chi connectivity index (χ1v) is 28.2. The Hall–Kier alpha value is -7.52. The molecule has 2 unspecified atom stereocenters. The van der Waals surface area contributed by atoms with Crippen molar-refractivity contribution in [1.29, 1.82) is 0 Å². The third kappa shape index (κ3) is 16.3. The average molecular weight is 1150 g/mol. The largest absolute Gasteiger partial charge is 0.474 e. The highest BCUT2D eigenvalue weighted by Gasteiger charge is 2.34. The van der Waals surface area contributed by atoms with Crippen molar-refractivity contribution in [1.82, 2.24) is 70.2 Å². The zero-order chi connectivity index (χ0) is 63.5. The van der Waals surface area contributed by atoms with Gasteiger partial charge in [-0.2, -0.15) is 40.2 Å². The van der Waals surface area contributed by atoms with E-state index in [0.29, 0.717) is 59.3 Å². The maximum Gasteiger partial charge on any atom is 0.474 e. The van der Waals surface area contributed by atoms with Gasteiger partial charge in [0.2, 0.25) is 11.8 Å². The van der Waals surface area contributed by atoms with E-state index in [4.69, 9.17) is 26.3 Å². The van der Waals surface area contributed by atoms with Crippen LogP contribution in [-0.4, -0.2) is 120 Å². The van der Waals surface area contributed by atoms with Crippen molar-refractivity contribution in [2.24, 2.45) is 35.9 Å². The number of carbonyl (C=O) groups is 4. The fourth-order valence-electron chi connectivity index (χ4n) is 7.33. The van der Waals surface area contributed by atoms with E-state index in [9.17, 15) is 33.2 Å². The molecule has 6 aromatic heterocycles. The van der Waals surface area contributed by atoms with Gasteiger partial charge in [0.25, 0.3) is 11.8 Å². The van der Waals surface area contributed by atoms with Gasteiger partial charge in [-0.05, 0) is 93.2 Å². The number of phosphoric ester groups is 1. The predicted octanol–water partition coefficient (Wildman–Crippen LogP) is 5.15. The number of carbonyl (C=O) groups excluding carboxylic acids is 4. The lowest BCUT2D eigenvalue weighted by Crippen LogP contribution is -2.32. The van der Waals surface area contributed by atoms with E-state index in [2.05, 4.69) is 61.2 Å². The van der Waals surface area contributed by atoms with E-state index in [1.807, 2.05) is 10.6 Å². The molecule has 0 saturated heterocycles. The maximum absolute atomic E-state index is 13.2. The molecule has 2 saturated carbocycles. The van der Waals surface area contributed by atoms with Crippen molar-refractivity contribution in [3.8, 4) is 22.5 Å². The average Bonchev–Trinajstić information content (AvgIpc) is 3.21. The van der Waals surface area contributed by atoms with Crippen molar-refractivity contribution in [2.75, 3.05) is 31.3 Å². The van der Waals surface area contributed by atoms with Crippen molar-refractivity contribution in [3.63, 3.8) is 0 Å². The van der Waals surface area contributed by atoms with Crippen LogP contribution >= 0.6 is 15.4 Å². The molecular formula is C49H66N18O11P2. The molecule has 0 aliphatic heterocycles. The van der Waals surface area contributed by atoms with Gasteiger partial charge >= 0.3 is 15.4 Å². The second-order valence-electron chi connectivity index (χ2n) is 20.4. The van der Waals surface area contributed by atoms with E-state index in [0.717, 1.165) is 9.36 Å². The predicted molar refractivity (Wildman–Crippen MR) is 290 cm³/mol. The number of rotatable bonds is 18. The summed E-state index contributed by atoms with van der Waals surface area (Å²) in [6.45, 7) is 7.58. The molecule has 29 nitrogen and oxygen atoms in total. The van der Waals surface area contributed by atoms with Crippen LogP contribution in [0, 0.1) is 25.7 Å². The van der Waals surface area contributed by atoms with E-state index in [-0.39, 0.29) is 57.6 Å². The van der Waals surface area contributed by atoms with E-state index in [1.165, 1.54) is 40.8 Å². The fraction of sp³-hybridized carbons (Fsp3) is 0.469. The molecule has 6 heterocycles. The molecular weight excluding hydrogens is 1080 g/mol. The highest BCUT2D eigenvalue weighted by molar-refractivity contribution is 7.53. The number of aryl methyl sites for hydroxylation is 2. The Morgan fingerprint density at radius 1 is 0.688 bits per heavy atom. The van der Waals surface area contributed by atoms with E-state index < -0.39 is 77.2 Å². The molecule has 8 rings (SSSR count). The van der Waals surface area contributed by atoms with Gasteiger partial charge in [-0.25, -0.2) is 33.9 Å². The fourth-order valence-corrected chi connectivity index (χ4v) is 9.70. The maximum atomic E-state index is 13.2. The number of nitrogens with zero attached hydrogens (tertiary/aromatic N) is 14. The Labute approximate surface area is 468 Å². The Morgan fingerprint density at radius 2 is 1.10 bits per heavy atom. The highest BCUT2D eigenvalue weighted by Crippen LogP contribution is 2.49. The van der Waals surface area contributed by atoms with Crippen LogP contribution in [0.3, 0.4) is 0 Å². The SMILES string of the molecule is [2H]C([2H])([2H])NC(=O)c1nn(COP(=O)(O)OC(C)(C)C)c(NC(=O)C2CC2)cc1=Nc1nccc(-c2cnn(C)n2)c1C.[2H]C([2H])([2H])NC(=O)c1nn(COP(C)(=O)OC(C)(C)C)c(NC(=O)C2CC2)cc1=Nc1nccc(-c2cnn(C)n2)c1C. The number of aromatic nitrogens is 12. The number of pyridine rings is 2. The summed E-state index contributed by atoms with van der Waals surface area (Å²) < 4.78 is 93.9. The van der Waals surface area contributed by atoms with Gasteiger partial charge in [0.1, 0.15) is 33.7 Å². The molecule has 5 N–H and O–H groups in total. The Balaban J connectivity index is 0.000000246. The molecule has 80 heavy (non-hydrogen) atoms. The third-order valence-corrected chi connectivity index (χ3v) is 13.9. The lowest BCUT2D eigenvalue weighted by molar-refractivity contribution is -0.118. The first kappa shape index (κ1) is 51.9.